The molecule has 0 aliphatic carbocycles. The van der Waals surface area contributed by atoms with Crippen LogP contribution < -0.4 is 0 Å². The fourth-order valence-electron chi connectivity index (χ4n) is 1.56. The molecular formula is C12H25N. The van der Waals surface area contributed by atoms with Crippen LogP contribution in [-0.4, -0.2) is 17.5 Å². The molecule has 0 aliphatic rings. The lowest BCUT2D eigenvalue weighted by atomic mass is 9.95. The van der Waals surface area contributed by atoms with E-state index in [1.165, 1.54) is 18.5 Å². The second kappa shape index (κ2) is 4.69. The van der Waals surface area contributed by atoms with Gasteiger partial charge in [0.15, 0.2) is 0 Å². The Balaban J connectivity index is 4.39. The van der Waals surface area contributed by atoms with Gasteiger partial charge in [-0.15, -0.1) is 0 Å². The summed E-state index contributed by atoms with van der Waals surface area (Å²) in [7, 11) is 2.15. The minimum absolute atomic E-state index is 0.246. The van der Waals surface area contributed by atoms with E-state index in [0.29, 0.717) is 5.92 Å². The number of hydrogen-bond donors (Lipinski definition) is 0. The molecule has 0 N–H and O–H groups in total. The number of rotatable bonds is 5. The molecule has 78 valence electrons. The zero-order valence-corrected chi connectivity index (χ0v) is 10.1. The summed E-state index contributed by atoms with van der Waals surface area (Å²) < 4.78 is 0. The second-order valence-corrected chi connectivity index (χ2v) is 4.77. The molecule has 0 aromatic heterocycles. The molecule has 0 aliphatic heterocycles. The van der Waals surface area contributed by atoms with Crippen molar-refractivity contribution in [1.29, 1.82) is 0 Å². The first kappa shape index (κ1) is 12.5. The van der Waals surface area contributed by atoms with Crippen molar-refractivity contribution >= 4 is 0 Å². The monoisotopic (exact) mass is 183 g/mol. The maximum atomic E-state index is 4.13. The average Bonchev–Trinajstić information content (AvgIpc) is 2.01. The van der Waals surface area contributed by atoms with Gasteiger partial charge < -0.3 is 4.90 Å². The maximum Gasteiger partial charge on any atom is 0.0339 e. The molecular weight excluding hydrogens is 158 g/mol. The lowest BCUT2D eigenvalue weighted by Gasteiger charge is -2.40. The highest BCUT2D eigenvalue weighted by molar-refractivity contribution is 5.01. The van der Waals surface area contributed by atoms with Crippen molar-refractivity contribution in [2.75, 3.05) is 7.05 Å². The summed E-state index contributed by atoms with van der Waals surface area (Å²) in [6.45, 7) is 15.3. The van der Waals surface area contributed by atoms with Gasteiger partial charge in [-0.3, -0.25) is 0 Å². The molecule has 0 radical (unpaired) electrons. The molecule has 0 rings (SSSR count). The van der Waals surface area contributed by atoms with Crippen LogP contribution in [0, 0.1) is 5.92 Å². The Morgan fingerprint density at radius 2 is 1.85 bits per heavy atom. The number of allylic oxidation sites excluding steroid dienone is 1. The first-order chi connectivity index (χ1) is 5.83. The summed E-state index contributed by atoms with van der Waals surface area (Å²) in [6, 6.07) is 0. The molecule has 0 atom stereocenters. The van der Waals surface area contributed by atoms with Crippen LogP contribution in [-0.2, 0) is 0 Å². The lowest BCUT2D eigenvalue weighted by Crippen LogP contribution is -2.41. The van der Waals surface area contributed by atoms with Crippen LogP contribution in [0.4, 0.5) is 0 Å². The van der Waals surface area contributed by atoms with E-state index in [0.717, 1.165) is 0 Å². The Bertz CT molecular complexity index is 168. The molecule has 0 bridgehead atoms. The lowest BCUT2D eigenvalue weighted by molar-refractivity contribution is 0.175. The van der Waals surface area contributed by atoms with E-state index >= 15 is 0 Å². The molecule has 0 aromatic rings. The summed E-state index contributed by atoms with van der Waals surface area (Å²) >= 11 is 0. The van der Waals surface area contributed by atoms with Crippen molar-refractivity contribution in [2.24, 2.45) is 5.92 Å². The van der Waals surface area contributed by atoms with E-state index < -0.39 is 0 Å². The molecule has 0 spiro atoms. The third-order valence-corrected chi connectivity index (χ3v) is 2.87. The maximum absolute atomic E-state index is 4.13. The first-order valence-electron chi connectivity index (χ1n) is 5.25. The predicted octanol–water partition coefficient (Wildman–Crippen LogP) is 3.67. The van der Waals surface area contributed by atoms with Crippen molar-refractivity contribution < 1.29 is 0 Å². The number of nitrogens with zero attached hydrogens (tertiary/aromatic N) is 1. The third-order valence-electron chi connectivity index (χ3n) is 2.87. The summed E-state index contributed by atoms with van der Waals surface area (Å²) in [5.74, 6) is 0.543. The summed E-state index contributed by atoms with van der Waals surface area (Å²) in [5.41, 5.74) is 1.48. The molecule has 0 saturated carbocycles. The van der Waals surface area contributed by atoms with Gasteiger partial charge in [-0.1, -0.05) is 33.8 Å². The van der Waals surface area contributed by atoms with Crippen molar-refractivity contribution in [2.45, 2.75) is 53.0 Å². The molecule has 13 heavy (non-hydrogen) atoms. The van der Waals surface area contributed by atoms with Crippen LogP contribution in [0.2, 0.25) is 0 Å². The van der Waals surface area contributed by atoms with Gasteiger partial charge in [-0.05, 0) is 26.2 Å². The van der Waals surface area contributed by atoms with Gasteiger partial charge in [0.2, 0.25) is 0 Å². The van der Waals surface area contributed by atoms with Crippen molar-refractivity contribution in [3.8, 4) is 0 Å². The van der Waals surface area contributed by atoms with E-state index in [2.05, 4.69) is 53.1 Å². The standard InChI is InChI=1S/C12H25N/c1-8-9-12(5,6)13(7)11(4)10(2)3/h10H,4,8-9H2,1-3,5-7H3. The van der Waals surface area contributed by atoms with Crippen LogP contribution in [0.25, 0.3) is 0 Å². The SMILES string of the molecule is C=C(C(C)C)N(C)C(C)(C)CCC. The highest BCUT2D eigenvalue weighted by Crippen LogP contribution is 2.25. The Labute approximate surface area is 83.8 Å². The van der Waals surface area contributed by atoms with E-state index in [1.807, 2.05) is 0 Å². The van der Waals surface area contributed by atoms with Crippen molar-refractivity contribution in [3.63, 3.8) is 0 Å². The fraction of sp³-hybridized carbons (Fsp3) is 0.833. The van der Waals surface area contributed by atoms with Gasteiger partial charge in [-0.2, -0.15) is 0 Å². The van der Waals surface area contributed by atoms with Gasteiger partial charge in [-0.25, -0.2) is 0 Å². The van der Waals surface area contributed by atoms with Gasteiger partial charge >= 0.3 is 0 Å². The minimum Gasteiger partial charge on any atom is -0.373 e. The highest BCUT2D eigenvalue weighted by atomic mass is 15.2. The van der Waals surface area contributed by atoms with Crippen LogP contribution >= 0.6 is 0 Å². The number of hydrogen-bond acceptors (Lipinski definition) is 1. The molecule has 0 amide bonds. The Kier molecular flexibility index (Phi) is 4.52. The molecule has 0 unspecified atom stereocenters. The topological polar surface area (TPSA) is 3.24 Å². The van der Waals surface area contributed by atoms with Crippen LogP contribution in [0.1, 0.15) is 47.5 Å². The smallest absolute Gasteiger partial charge is 0.0339 e. The molecule has 0 saturated heterocycles. The largest absolute Gasteiger partial charge is 0.373 e. The fourth-order valence-corrected chi connectivity index (χ4v) is 1.56. The van der Waals surface area contributed by atoms with Gasteiger partial charge in [0.05, 0.1) is 0 Å². The molecule has 0 aromatic carbocycles. The third kappa shape index (κ3) is 3.41. The van der Waals surface area contributed by atoms with Crippen LogP contribution in [0.15, 0.2) is 12.3 Å². The Morgan fingerprint density at radius 1 is 1.38 bits per heavy atom. The van der Waals surface area contributed by atoms with E-state index in [-0.39, 0.29) is 5.54 Å². The zero-order chi connectivity index (χ0) is 10.6. The first-order valence-corrected chi connectivity index (χ1v) is 5.25. The highest BCUT2D eigenvalue weighted by Gasteiger charge is 2.24. The van der Waals surface area contributed by atoms with E-state index in [9.17, 15) is 0 Å². The van der Waals surface area contributed by atoms with Gasteiger partial charge in [0.25, 0.3) is 0 Å². The summed E-state index contributed by atoms with van der Waals surface area (Å²) in [4.78, 5) is 2.32. The average molecular weight is 183 g/mol. The van der Waals surface area contributed by atoms with Gasteiger partial charge in [0.1, 0.15) is 0 Å². The van der Waals surface area contributed by atoms with E-state index in [1.54, 1.807) is 0 Å². The predicted molar refractivity (Wildman–Crippen MR) is 60.7 cm³/mol. The normalized spacial score (nSPS) is 11.9. The summed E-state index contributed by atoms with van der Waals surface area (Å²) in [6.07, 6.45) is 2.44. The Hall–Kier alpha value is -0.460. The van der Waals surface area contributed by atoms with Crippen LogP contribution in [0.3, 0.4) is 0 Å². The second-order valence-electron chi connectivity index (χ2n) is 4.77. The summed E-state index contributed by atoms with van der Waals surface area (Å²) in [5, 5.41) is 0. The van der Waals surface area contributed by atoms with Crippen LogP contribution in [0.5, 0.6) is 0 Å². The molecule has 0 fully saturated rings. The zero-order valence-electron chi connectivity index (χ0n) is 10.1. The van der Waals surface area contributed by atoms with Crippen molar-refractivity contribution in [3.05, 3.63) is 12.3 Å². The Morgan fingerprint density at radius 3 is 2.15 bits per heavy atom. The van der Waals surface area contributed by atoms with Crippen molar-refractivity contribution in [1.82, 2.24) is 4.90 Å². The molecule has 0 heterocycles. The molecule has 1 heteroatoms. The molecule has 1 nitrogen and oxygen atoms in total. The van der Waals surface area contributed by atoms with Gasteiger partial charge in [0, 0.05) is 18.3 Å². The van der Waals surface area contributed by atoms with E-state index in [4.69, 9.17) is 0 Å². The quantitative estimate of drug-likeness (QED) is 0.628. The minimum atomic E-state index is 0.246.